The molecule has 1 saturated heterocycles. The van der Waals surface area contributed by atoms with Gasteiger partial charge in [0.15, 0.2) is 0 Å². The molecule has 1 heterocycles. The van der Waals surface area contributed by atoms with Crippen LogP contribution in [0.1, 0.15) is 24.8 Å². The Balaban J connectivity index is 1.99. The van der Waals surface area contributed by atoms with Crippen LogP contribution in [0.3, 0.4) is 0 Å². The summed E-state index contributed by atoms with van der Waals surface area (Å²) in [6.45, 7) is 1.87. The molecule has 0 spiro atoms. The van der Waals surface area contributed by atoms with Crippen LogP contribution >= 0.6 is 0 Å². The predicted octanol–water partition coefficient (Wildman–Crippen LogP) is 2.11. The van der Waals surface area contributed by atoms with Crippen LogP contribution in [0, 0.1) is 11.6 Å². The Labute approximate surface area is 118 Å². The summed E-state index contributed by atoms with van der Waals surface area (Å²) < 4.78 is 26.4. The van der Waals surface area contributed by atoms with Crippen LogP contribution in [0.5, 0.6) is 0 Å². The van der Waals surface area contributed by atoms with Crippen molar-refractivity contribution in [2.24, 2.45) is 0 Å². The van der Waals surface area contributed by atoms with Gasteiger partial charge in [-0.1, -0.05) is 6.07 Å². The molecule has 5 heteroatoms. The number of carbonyl (C=O) groups is 1. The number of halogens is 2. The van der Waals surface area contributed by atoms with Gasteiger partial charge in [-0.3, -0.25) is 4.79 Å². The number of amides is 1. The first-order valence-electron chi connectivity index (χ1n) is 6.98. The molecule has 1 unspecified atom stereocenters. The van der Waals surface area contributed by atoms with E-state index in [0.717, 1.165) is 38.4 Å². The predicted molar refractivity (Wildman–Crippen MR) is 73.3 cm³/mol. The van der Waals surface area contributed by atoms with Crippen LogP contribution < -0.4 is 5.32 Å². The van der Waals surface area contributed by atoms with Gasteiger partial charge in [0, 0.05) is 19.2 Å². The zero-order valence-corrected chi connectivity index (χ0v) is 11.7. The van der Waals surface area contributed by atoms with Crippen molar-refractivity contribution in [3.8, 4) is 0 Å². The van der Waals surface area contributed by atoms with Gasteiger partial charge < -0.3 is 10.2 Å². The summed E-state index contributed by atoms with van der Waals surface area (Å²) >= 11 is 0. The van der Waals surface area contributed by atoms with Crippen LogP contribution in [0.15, 0.2) is 18.2 Å². The van der Waals surface area contributed by atoms with Gasteiger partial charge in [0.2, 0.25) is 5.91 Å². The zero-order valence-electron chi connectivity index (χ0n) is 11.7. The molecule has 1 aliphatic rings. The number of rotatable bonds is 3. The van der Waals surface area contributed by atoms with Crippen molar-refractivity contribution in [2.75, 3.05) is 20.1 Å². The summed E-state index contributed by atoms with van der Waals surface area (Å²) in [6.07, 6.45) is 2.88. The number of carbonyl (C=O) groups excluding carboxylic acids is 1. The highest BCUT2D eigenvalue weighted by molar-refractivity contribution is 5.78. The van der Waals surface area contributed by atoms with Gasteiger partial charge in [0.1, 0.15) is 11.6 Å². The van der Waals surface area contributed by atoms with Gasteiger partial charge in [-0.15, -0.1) is 0 Å². The summed E-state index contributed by atoms with van der Waals surface area (Å²) in [7, 11) is 1.76. The van der Waals surface area contributed by atoms with E-state index in [1.54, 1.807) is 11.9 Å². The number of benzene rings is 1. The maximum Gasteiger partial charge on any atom is 0.227 e. The third kappa shape index (κ3) is 3.76. The minimum Gasteiger partial charge on any atom is -0.342 e. The summed E-state index contributed by atoms with van der Waals surface area (Å²) in [6, 6.07) is 3.53. The van der Waals surface area contributed by atoms with Crippen LogP contribution in [0.4, 0.5) is 8.78 Å². The number of nitrogens with zero attached hydrogens (tertiary/aromatic N) is 1. The molecular formula is C15H20F2N2O. The molecule has 1 aliphatic heterocycles. The molecule has 0 radical (unpaired) electrons. The lowest BCUT2D eigenvalue weighted by molar-refractivity contribution is -0.131. The fraction of sp³-hybridized carbons (Fsp3) is 0.533. The Morgan fingerprint density at radius 2 is 2.15 bits per heavy atom. The summed E-state index contributed by atoms with van der Waals surface area (Å²) in [5, 5.41) is 3.30. The Morgan fingerprint density at radius 1 is 1.35 bits per heavy atom. The van der Waals surface area contributed by atoms with Gasteiger partial charge in [-0.05, 0) is 44.0 Å². The highest BCUT2D eigenvalue weighted by atomic mass is 19.1. The zero-order chi connectivity index (χ0) is 14.5. The average Bonchev–Trinajstić information content (AvgIpc) is 2.70. The topological polar surface area (TPSA) is 32.3 Å². The van der Waals surface area contributed by atoms with E-state index in [-0.39, 0.29) is 23.9 Å². The molecule has 1 N–H and O–H groups in total. The number of hydrogen-bond donors (Lipinski definition) is 1. The largest absolute Gasteiger partial charge is 0.342 e. The smallest absolute Gasteiger partial charge is 0.227 e. The third-order valence-electron chi connectivity index (χ3n) is 3.84. The molecule has 110 valence electrons. The molecule has 1 fully saturated rings. The van der Waals surface area contributed by atoms with E-state index < -0.39 is 11.6 Å². The van der Waals surface area contributed by atoms with Crippen molar-refractivity contribution >= 4 is 5.91 Å². The van der Waals surface area contributed by atoms with E-state index in [2.05, 4.69) is 5.32 Å². The van der Waals surface area contributed by atoms with E-state index in [1.165, 1.54) is 12.1 Å². The lowest BCUT2D eigenvalue weighted by atomic mass is 10.1. The van der Waals surface area contributed by atoms with Gasteiger partial charge in [-0.25, -0.2) is 8.78 Å². The molecule has 0 bridgehead atoms. The molecule has 1 amide bonds. The third-order valence-corrected chi connectivity index (χ3v) is 3.84. The summed E-state index contributed by atoms with van der Waals surface area (Å²) in [5.74, 6) is -1.40. The van der Waals surface area contributed by atoms with E-state index >= 15 is 0 Å². The normalized spacial score (nSPS) is 19.4. The van der Waals surface area contributed by atoms with E-state index in [9.17, 15) is 13.6 Å². The molecule has 0 aliphatic carbocycles. The number of likely N-dealkylation sites (N-methyl/N-ethyl adjacent to an activating group) is 1. The molecule has 1 aromatic carbocycles. The van der Waals surface area contributed by atoms with E-state index in [1.807, 2.05) is 0 Å². The second kappa shape index (κ2) is 6.79. The summed E-state index contributed by atoms with van der Waals surface area (Å²) in [4.78, 5) is 13.9. The molecular weight excluding hydrogens is 262 g/mol. The van der Waals surface area contributed by atoms with Crippen LogP contribution in [-0.2, 0) is 11.2 Å². The van der Waals surface area contributed by atoms with Crippen molar-refractivity contribution in [3.63, 3.8) is 0 Å². The van der Waals surface area contributed by atoms with E-state index in [4.69, 9.17) is 0 Å². The average molecular weight is 282 g/mol. The van der Waals surface area contributed by atoms with Crippen LogP contribution in [0.2, 0.25) is 0 Å². The van der Waals surface area contributed by atoms with Crippen molar-refractivity contribution in [2.45, 2.75) is 31.7 Å². The maximum absolute atomic E-state index is 13.6. The standard InChI is InChI=1S/C15H20F2N2O/c1-19(13-3-2-7-18-8-6-13)15(20)9-11-4-5-12(16)10-14(11)17/h4-5,10,13,18H,2-3,6-9H2,1H3. The molecule has 2 rings (SSSR count). The maximum atomic E-state index is 13.6. The number of hydrogen-bond acceptors (Lipinski definition) is 2. The van der Waals surface area contributed by atoms with Crippen molar-refractivity contribution in [1.29, 1.82) is 0 Å². The molecule has 3 nitrogen and oxygen atoms in total. The quantitative estimate of drug-likeness (QED) is 0.921. The van der Waals surface area contributed by atoms with Gasteiger partial charge in [0.05, 0.1) is 6.42 Å². The summed E-state index contributed by atoms with van der Waals surface area (Å²) in [5.41, 5.74) is 0.245. The first-order chi connectivity index (χ1) is 9.58. The second-order valence-corrected chi connectivity index (χ2v) is 5.25. The number of nitrogens with one attached hydrogen (secondary N) is 1. The Kier molecular flexibility index (Phi) is 5.06. The highest BCUT2D eigenvalue weighted by Gasteiger charge is 2.21. The molecule has 0 aromatic heterocycles. The van der Waals surface area contributed by atoms with Crippen molar-refractivity contribution in [1.82, 2.24) is 10.2 Å². The van der Waals surface area contributed by atoms with Crippen molar-refractivity contribution in [3.05, 3.63) is 35.4 Å². The van der Waals surface area contributed by atoms with Gasteiger partial charge >= 0.3 is 0 Å². The minimum atomic E-state index is -0.658. The first-order valence-corrected chi connectivity index (χ1v) is 6.98. The van der Waals surface area contributed by atoms with Gasteiger partial charge in [0.25, 0.3) is 0 Å². The molecule has 1 atom stereocenters. The van der Waals surface area contributed by atoms with Crippen LogP contribution in [-0.4, -0.2) is 37.0 Å². The lowest BCUT2D eigenvalue weighted by Gasteiger charge is -2.27. The molecule has 1 aromatic rings. The van der Waals surface area contributed by atoms with Crippen molar-refractivity contribution < 1.29 is 13.6 Å². The highest BCUT2D eigenvalue weighted by Crippen LogP contribution is 2.15. The Hall–Kier alpha value is -1.49. The Bertz CT molecular complexity index is 471. The van der Waals surface area contributed by atoms with Gasteiger partial charge in [-0.2, -0.15) is 0 Å². The second-order valence-electron chi connectivity index (χ2n) is 5.25. The van der Waals surface area contributed by atoms with E-state index in [0.29, 0.717) is 0 Å². The van der Waals surface area contributed by atoms with Crippen LogP contribution in [0.25, 0.3) is 0 Å². The SMILES string of the molecule is CN(C(=O)Cc1ccc(F)cc1F)C1CCCNCC1. The molecule has 20 heavy (non-hydrogen) atoms. The Morgan fingerprint density at radius 3 is 2.90 bits per heavy atom. The first kappa shape index (κ1) is 14.9. The fourth-order valence-electron chi connectivity index (χ4n) is 2.54. The monoisotopic (exact) mass is 282 g/mol. The fourth-order valence-corrected chi connectivity index (χ4v) is 2.54. The molecule has 0 saturated carbocycles. The minimum absolute atomic E-state index is 0.0213. The lowest BCUT2D eigenvalue weighted by Crippen LogP contribution is -2.38.